The number of benzene rings is 2. The van der Waals surface area contributed by atoms with Crippen LogP contribution in [0.15, 0.2) is 48.5 Å². The van der Waals surface area contributed by atoms with Gasteiger partial charge in [-0.3, -0.25) is 0 Å². The largest absolute Gasteiger partial charge is 0.465 e. The highest BCUT2D eigenvalue weighted by Gasteiger charge is 2.41. The minimum atomic E-state index is -0.453. The zero-order valence-electron chi connectivity index (χ0n) is 22.2. The molecular formula is C29H38O8. The normalized spacial score (nSPS) is 23.7. The first-order valence-corrected chi connectivity index (χ1v) is 13.1. The van der Waals surface area contributed by atoms with Gasteiger partial charge in [0.1, 0.15) is 28.5 Å². The lowest BCUT2D eigenvalue weighted by Gasteiger charge is -2.20. The molecule has 0 aliphatic carbocycles. The van der Waals surface area contributed by atoms with Gasteiger partial charge in [0.2, 0.25) is 0 Å². The summed E-state index contributed by atoms with van der Waals surface area (Å²) >= 11 is 0. The van der Waals surface area contributed by atoms with E-state index in [0.29, 0.717) is 49.2 Å². The van der Waals surface area contributed by atoms with Gasteiger partial charge in [-0.2, -0.15) is 0 Å². The number of esters is 1. The Labute approximate surface area is 219 Å². The summed E-state index contributed by atoms with van der Waals surface area (Å²) in [6.07, 6.45) is 2.67. The van der Waals surface area contributed by atoms with Crippen molar-refractivity contribution in [2.24, 2.45) is 0 Å². The van der Waals surface area contributed by atoms with Crippen molar-refractivity contribution in [2.45, 2.75) is 77.2 Å². The van der Waals surface area contributed by atoms with Crippen LogP contribution < -0.4 is 14.2 Å². The summed E-state index contributed by atoms with van der Waals surface area (Å²) in [6, 6.07) is 13.8. The van der Waals surface area contributed by atoms with Gasteiger partial charge in [0.05, 0.1) is 32.0 Å². The van der Waals surface area contributed by atoms with E-state index in [2.05, 4.69) is 13.8 Å². The average Bonchev–Trinajstić information content (AvgIpc) is 3.82. The van der Waals surface area contributed by atoms with Crippen LogP contribution in [-0.4, -0.2) is 56.2 Å². The van der Waals surface area contributed by atoms with E-state index >= 15 is 0 Å². The van der Waals surface area contributed by atoms with Crippen molar-refractivity contribution in [1.29, 1.82) is 0 Å². The van der Waals surface area contributed by atoms with Crippen LogP contribution in [0.3, 0.4) is 0 Å². The van der Waals surface area contributed by atoms with Crippen LogP contribution in [-0.2, 0) is 18.9 Å². The highest BCUT2D eigenvalue weighted by molar-refractivity contribution is 5.91. The number of rotatable bonds is 16. The van der Waals surface area contributed by atoms with E-state index in [9.17, 15) is 4.79 Å². The summed E-state index contributed by atoms with van der Waals surface area (Å²) in [7, 11) is 0. The van der Waals surface area contributed by atoms with E-state index in [1.165, 1.54) is 0 Å². The highest BCUT2D eigenvalue weighted by Crippen LogP contribution is 2.29. The summed E-state index contributed by atoms with van der Waals surface area (Å²) in [5, 5.41) is 0. The van der Waals surface area contributed by atoms with Crippen LogP contribution in [0.25, 0.3) is 0 Å². The van der Waals surface area contributed by atoms with Crippen LogP contribution >= 0.6 is 0 Å². The Bertz CT molecular complexity index is 996. The molecule has 2 aromatic carbocycles. The molecule has 0 bridgehead atoms. The van der Waals surface area contributed by atoms with Gasteiger partial charge in [-0.05, 0) is 62.4 Å². The molecule has 8 heteroatoms. The van der Waals surface area contributed by atoms with E-state index in [-0.39, 0.29) is 23.8 Å². The maximum absolute atomic E-state index is 12.6. The van der Waals surface area contributed by atoms with Gasteiger partial charge in [-0.1, -0.05) is 26.7 Å². The van der Waals surface area contributed by atoms with Crippen molar-refractivity contribution < 1.29 is 38.0 Å². The topological polar surface area (TPSA) is 88.3 Å². The second kappa shape index (κ2) is 12.3. The van der Waals surface area contributed by atoms with E-state index in [1.54, 1.807) is 48.5 Å². The van der Waals surface area contributed by atoms with Crippen LogP contribution in [0.1, 0.15) is 63.7 Å². The van der Waals surface area contributed by atoms with Gasteiger partial charge < -0.3 is 33.2 Å². The second-order valence-corrected chi connectivity index (χ2v) is 10.2. The molecule has 0 radical (unpaired) electrons. The predicted molar refractivity (Wildman–Crippen MR) is 137 cm³/mol. The molecule has 0 spiro atoms. The molecule has 0 amide bonds. The molecule has 2 saturated heterocycles. The fourth-order valence-corrected chi connectivity index (χ4v) is 3.50. The van der Waals surface area contributed by atoms with Crippen molar-refractivity contribution in [3.05, 3.63) is 54.1 Å². The van der Waals surface area contributed by atoms with Crippen LogP contribution in [0, 0.1) is 0 Å². The van der Waals surface area contributed by atoms with Crippen molar-refractivity contribution >= 4 is 5.97 Å². The smallest absolute Gasteiger partial charge is 0.343 e. The molecule has 4 rings (SSSR count). The van der Waals surface area contributed by atoms with Crippen LogP contribution in [0.4, 0.5) is 0 Å². The summed E-state index contributed by atoms with van der Waals surface area (Å²) in [5.41, 5.74) is 0.0429. The lowest BCUT2D eigenvalue weighted by molar-refractivity contribution is -0.0979. The number of carbonyl (C=O) groups excluding carboxylic acids is 1. The molecule has 0 N–H and O–H groups in total. The lowest BCUT2D eigenvalue weighted by Crippen LogP contribution is -2.26. The quantitative estimate of drug-likeness (QED) is 0.125. The van der Waals surface area contributed by atoms with E-state index in [0.717, 1.165) is 25.7 Å². The first-order valence-electron chi connectivity index (χ1n) is 13.1. The van der Waals surface area contributed by atoms with Crippen molar-refractivity contribution in [2.75, 3.05) is 26.4 Å². The Morgan fingerprint density at radius 1 is 0.757 bits per heavy atom. The minimum absolute atomic E-state index is 0.188. The molecule has 2 aliphatic heterocycles. The molecule has 2 aliphatic rings. The van der Waals surface area contributed by atoms with Crippen molar-refractivity contribution in [3.8, 4) is 17.2 Å². The Hall–Kier alpha value is -2.65. The Kier molecular flexibility index (Phi) is 9.08. The molecule has 202 valence electrons. The molecule has 0 aromatic heterocycles. The molecular weight excluding hydrogens is 476 g/mol. The molecule has 4 atom stereocenters. The lowest BCUT2D eigenvalue weighted by atomic mass is 10.2. The van der Waals surface area contributed by atoms with Crippen LogP contribution in [0.5, 0.6) is 17.2 Å². The monoisotopic (exact) mass is 514 g/mol. The number of epoxide rings is 2. The van der Waals surface area contributed by atoms with Crippen molar-refractivity contribution in [1.82, 2.24) is 0 Å². The Morgan fingerprint density at radius 3 is 1.57 bits per heavy atom. The number of hydrogen-bond acceptors (Lipinski definition) is 8. The standard InChI is InChI=1S/C29H38O8/c1-5-7-25(31-17-28(3)19-33-28)35-22-11-9-21(10-12-22)27(30)37-24-15-13-23(14-16-24)36-26(8-6-2)32-18-29(4)20-34-29/h9-16,25-26H,5-8,17-20H2,1-4H3. The number of carbonyl (C=O) groups is 1. The summed E-state index contributed by atoms with van der Waals surface area (Å²) in [6.45, 7) is 10.6. The van der Waals surface area contributed by atoms with Gasteiger partial charge in [-0.25, -0.2) is 4.79 Å². The van der Waals surface area contributed by atoms with Gasteiger partial charge in [0, 0.05) is 12.8 Å². The van der Waals surface area contributed by atoms with Crippen molar-refractivity contribution in [3.63, 3.8) is 0 Å². The third-order valence-electron chi connectivity index (χ3n) is 6.13. The summed E-state index contributed by atoms with van der Waals surface area (Å²) < 4.78 is 40.0. The predicted octanol–water partition coefficient (Wildman–Crippen LogP) is 5.53. The minimum Gasteiger partial charge on any atom is -0.465 e. The molecule has 8 nitrogen and oxygen atoms in total. The average molecular weight is 515 g/mol. The van der Waals surface area contributed by atoms with E-state index < -0.39 is 5.97 Å². The maximum Gasteiger partial charge on any atom is 0.343 e. The molecule has 2 heterocycles. The number of hydrogen-bond donors (Lipinski definition) is 0. The van der Waals surface area contributed by atoms with Gasteiger partial charge in [-0.15, -0.1) is 0 Å². The zero-order chi connectivity index (χ0) is 26.3. The van der Waals surface area contributed by atoms with Gasteiger partial charge in [0.15, 0.2) is 12.6 Å². The highest BCUT2D eigenvalue weighted by atomic mass is 16.7. The van der Waals surface area contributed by atoms with E-state index in [1.807, 2.05) is 13.8 Å². The fourth-order valence-electron chi connectivity index (χ4n) is 3.50. The summed E-state index contributed by atoms with van der Waals surface area (Å²) in [5.74, 6) is 1.25. The van der Waals surface area contributed by atoms with Crippen LogP contribution in [0.2, 0.25) is 0 Å². The fraction of sp³-hybridized carbons (Fsp3) is 0.552. The SMILES string of the molecule is CCCC(OCC1(C)CO1)Oc1ccc(OC(=O)c2ccc(OC(CCC)OCC3(C)CO3)cc2)cc1. The zero-order valence-corrected chi connectivity index (χ0v) is 22.2. The second-order valence-electron chi connectivity index (χ2n) is 10.2. The number of ether oxygens (including phenoxy) is 7. The first-order chi connectivity index (χ1) is 17.8. The molecule has 2 fully saturated rings. The van der Waals surface area contributed by atoms with Gasteiger partial charge >= 0.3 is 5.97 Å². The molecule has 2 aromatic rings. The molecule has 4 unspecified atom stereocenters. The summed E-state index contributed by atoms with van der Waals surface area (Å²) in [4.78, 5) is 12.6. The third kappa shape index (κ3) is 8.71. The first kappa shape index (κ1) is 27.4. The molecule has 0 saturated carbocycles. The molecule has 37 heavy (non-hydrogen) atoms. The van der Waals surface area contributed by atoms with E-state index in [4.69, 9.17) is 33.2 Å². The Balaban J connectivity index is 1.26. The Morgan fingerprint density at radius 2 is 1.16 bits per heavy atom. The van der Waals surface area contributed by atoms with Gasteiger partial charge in [0.25, 0.3) is 0 Å². The third-order valence-corrected chi connectivity index (χ3v) is 6.13. The maximum atomic E-state index is 12.6.